The number of rotatable bonds is 5. The van der Waals surface area contributed by atoms with Crippen molar-refractivity contribution in [1.29, 1.82) is 0 Å². The highest BCUT2D eigenvalue weighted by atomic mass is 35.5. The summed E-state index contributed by atoms with van der Waals surface area (Å²) >= 11 is 5.82. The van der Waals surface area contributed by atoms with Crippen molar-refractivity contribution < 1.29 is 34.7 Å². The van der Waals surface area contributed by atoms with E-state index in [4.69, 9.17) is 21.1 Å². The van der Waals surface area contributed by atoms with Crippen LogP contribution in [0.1, 0.15) is 15.9 Å². The van der Waals surface area contributed by atoms with Crippen LogP contribution in [0.3, 0.4) is 0 Å². The molecule has 4 N–H and O–H groups in total. The van der Waals surface area contributed by atoms with Crippen LogP contribution in [0.25, 0.3) is 0 Å². The fourth-order valence-corrected chi connectivity index (χ4v) is 2.88. The van der Waals surface area contributed by atoms with Crippen LogP contribution in [-0.2, 0) is 4.74 Å². The maximum absolute atomic E-state index is 12.4. The molecule has 0 saturated carbocycles. The minimum atomic E-state index is -1.52. The molecule has 0 radical (unpaired) electrons. The molecule has 3 rings (SSSR count). The molecule has 144 valence electrons. The van der Waals surface area contributed by atoms with Crippen LogP contribution in [0.15, 0.2) is 48.5 Å². The van der Waals surface area contributed by atoms with Gasteiger partial charge in [0.2, 0.25) is 6.29 Å². The molecule has 1 saturated heterocycles. The fourth-order valence-electron chi connectivity index (χ4n) is 2.75. The summed E-state index contributed by atoms with van der Waals surface area (Å²) in [6, 6.07) is 12.7. The van der Waals surface area contributed by atoms with Gasteiger partial charge in [0.1, 0.15) is 30.2 Å². The van der Waals surface area contributed by atoms with Crippen molar-refractivity contribution in [2.75, 3.05) is 6.61 Å². The lowest BCUT2D eigenvalue weighted by Crippen LogP contribution is -2.60. The lowest BCUT2D eigenvalue weighted by Gasteiger charge is -2.39. The number of hydrogen-bond donors (Lipinski definition) is 4. The van der Waals surface area contributed by atoms with Crippen LogP contribution in [0, 0.1) is 0 Å². The molecule has 1 fully saturated rings. The third-order valence-corrected chi connectivity index (χ3v) is 4.58. The molecule has 1 aliphatic rings. The van der Waals surface area contributed by atoms with E-state index in [0.29, 0.717) is 16.1 Å². The molecule has 7 nitrogen and oxygen atoms in total. The van der Waals surface area contributed by atoms with Gasteiger partial charge in [-0.3, -0.25) is 4.79 Å². The molecule has 1 aliphatic heterocycles. The molecule has 0 unspecified atom stereocenters. The van der Waals surface area contributed by atoms with Crippen LogP contribution >= 0.6 is 11.6 Å². The molecule has 0 bridgehead atoms. The quantitative estimate of drug-likeness (QED) is 0.553. The van der Waals surface area contributed by atoms with Gasteiger partial charge in [0, 0.05) is 16.1 Å². The highest BCUT2D eigenvalue weighted by Crippen LogP contribution is 2.25. The van der Waals surface area contributed by atoms with Gasteiger partial charge in [0.15, 0.2) is 5.78 Å². The standard InChI is InChI=1S/C19H19ClO7/c20-12-5-1-10(2-6-12)15(22)11-3-7-13(8-4-11)26-19-18(25)17(24)16(23)14(9-21)27-19/h1-8,14,16-19,21,23-25H,9H2/t14-,16+,17+,18-,19-/m1/s1. The molecule has 8 heteroatoms. The Labute approximate surface area is 160 Å². The van der Waals surface area contributed by atoms with Gasteiger partial charge >= 0.3 is 0 Å². The Hall–Kier alpha value is -2.00. The van der Waals surface area contributed by atoms with Crippen molar-refractivity contribution in [2.45, 2.75) is 30.7 Å². The zero-order chi connectivity index (χ0) is 19.6. The molecular formula is C19H19ClO7. The van der Waals surface area contributed by atoms with Crippen molar-refractivity contribution >= 4 is 17.4 Å². The lowest BCUT2D eigenvalue weighted by atomic mass is 9.99. The van der Waals surface area contributed by atoms with Crippen LogP contribution < -0.4 is 4.74 Å². The molecule has 0 amide bonds. The van der Waals surface area contributed by atoms with Gasteiger partial charge in [0.05, 0.1) is 6.61 Å². The number of carbonyl (C=O) groups excluding carboxylic acids is 1. The monoisotopic (exact) mass is 394 g/mol. The smallest absolute Gasteiger partial charge is 0.229 e. The van der Waals surface area contributed by atoms with Gasteiger partial charge in [-0.2, -0.15) is 0 Å². The highest BCUT2D eigenvalue weighted by Gasteiger charge is 2.44. The summed E-state index contributed by atoms with van der Waals surface area (Å²) in [7, 11) is 0. The van der Waals surface area contributed by atoms with E-state index in [1.807, 2.05) is 0 Å². The predicted octanol–water partition coefficient (Wildman–Crippen LogP) is 0.750. The Bertz CT molecular complexity index is 776. The first-order valence-corrected chi connectivity index (χ1v) is 8.66. The van der Waals surface area contributed by atoms with E-state index in [0.717, 1.165) is 0 Å². The van der Waals surface area contributed by atoms with Gasteiger partial charge in [-0.05, 0) is 48.5 Å². The van der Waals surface area contributed by atoms with Crippen LogP contribution in [0.5, 0.6) is 5.75 Å². The van der Waals surface area contributed by atoms with Crippen molar-refractivity contribution in [3.05, 3.63) is 64.7 Å². The number of hydrogen-bond acceptors (Lipinski definition) is 7. The van der Waals surface area contributed by atoms with Gasteiger partial charge in [0.25, 0.3) is 0 Å². The molecular weight excluding hydrogens is 376 g/mol. The minimum Gasteiger partial charge on any atom is -0.462 e. The number of carbonyl (C=O) groups is 1. The maximum Gasteiger partial charge on any atom is 0.229 e. The first-order valence-electron chi connectivity index (χ1n) is 8.28. The second-order valence-corrected chi connectivity index (χ2v) is 6.61. The second kappa shape index (κ2) is 8.35. The molecule has 27 heavy (non-hydrogen) atoms. The average Bonchev–Trinajstić information content (AvgIpc) is 2.69. The third-order valence-electron chi connectivity index (χ3n) is 4.32. The zero-order valence-electron chi connectivity index (χ0n) is 14.1. The summed E-state index contributed by atoms with van der Waals surface area (Å²) in [6.07, 6.45) is -6.81. The van der Waals surface area contributed by atoms with Crippen LogP contribution in [0.2, 0.25) is 5.02 Å². The summed E-state index contributed by atoms with van der Waals surface area (Å²) in [6.45, 7) is -0.542. The molecule has 0 spiro atoms. The Morgan fingerprint density at radius 2 is 1.48 bits per heavy atom. The second-order valence-electron chi connectivity index (χ2n) is 6.18. The SMILES string of the molecule is O=C(c1ccc(Cl)cc1)c1ccc(O[C@@H]2O[C@H](CO)[C@H](O)[C@H](O)[C@H]2O)cc1. The van der Waals surface area contributed by atoms with Crippen molar-refractivity contribution in [3.8, 4) is 5.75 Å². The first kappa shape index (κ1) is 19.8. The van der Waals surface area contributed by atoms with Crippen LogP contribution in [-0.4, -0.2) is 63.5 Å². The van der Waals surface area contributed by atoms with Crippen molar-refractivity contribution in [1.82, 2.24) is 0 Å². The summed E-state index contributed by atoms with van der Waals surface area (Å²) < 4.78 is 10.8. The number of aliphatic hydroxyl groups excluding tert-OH is 4. The van der Waals surface area contributed by atoms with E-state index in [1.54, 1.807) is 36.4 Å². The number of benzene rings is 2. The normalized spacial score (nSPS) is 28.0. The molecule has 2 aromatic carbocycles. The van der Waals surface area contributed by atoms with Gasteiger partial charge < -0.3 is 29.9 Å². The molecule has 2 aromatic rings. The number of halogens is 1. The Balaban J connectivity index is 1.70. The maximum atomic E-state index is 12.4. The molecule has 0 aliphatic carbocycles. The molecule has 0 aromatic heterocycles. The number of ketones is 1. The summed E-state index contributed by atoms with van der Waals surface area (Å²) in [5.74, 6) is 0.0954. The summed E-state index contributed by atoms with van der Waals surface area (Å²) in [5, 5.41) is 39.3. The van der Waals surface area contributed by atoms with Crippen LogP contribution in [0.4, 0.5) is 0 Å². The number of ether oxygens (including phenoxy) is 2. The highest BCUT2D eigenvalue weighted by molar-refractivity contribution is 6.30. The first-order chi connectivity index (χ1) is 12.9. The van der Waals surface area contributed by atoms with E-state index < -0.39 is 37.3 Å². The summed E-state index contributed by atoms with van der Waals surface area (Å²) in [5.41, 5.74) is 0.917. The van der Waals surface area contributed by atoms with Gasteiger partial charge in [-0.15, -0.1) is 0 Å². The average molecular weight is 395 g/mol. The Morgan fingerprint density at radius 1 is 0.926 bits per heavy atom. The topological polar surface area (TPSA) is 116 Å². The van der Waals surface area contributed by atoms with Crippen molar-refractivity contribution in [2.24, 2.45) is 0 Å². The zero-order valence-corrected chi connectivity index (χ0v) is 14.9. The summed E-state index contributed by atoms with van der Waals surface area (Å²) in [4.78, 5) is 12.4. The Morgan fingerprint density at radius 3 is 2.04 bits per heavy atom. The van der Waals surface area contributed by atoms with E-state index in [1.165, 1.54) is 12.1 Å². The predicted molar refractivity (Wildman–Crippen MR) is 95.7 cm³/mol. The fraction of sp³-hybridized carbons (Fsp3) is 0.316. The minimum absolute atomic E-state index is 0.189. The van der Waals surface area contributed by atoms with Gasteiger partial charge in [-0.25, -0.2) is 0 Å². The van der Waals surface area contributed by atoms with Gasteiger partial charge in [-0.1, -0.05) is 11.6 Å². The molecule has 5 atom stereocenters. The van der Waals surface area contributed by atoms with E-state index in [-0.39, 0.29) is 11.5 Å². The van der Waals surface area contributed by atoms with E-state index >= 15 is 0 Å². The van der Waals surface area contributed by atoms with E-state index in [9.17, 15) is 25.2 Å². The van der Waals surface area contributed by atoms with E-state index in [2.05, 4.69) is 0 Å². The van der Waals surface area contributed by atoms with Crippen molar-refractivity contribution in [3.63, 3.8) is 0 Å². The third kappa shape index (κ3) is 4.30. The molecule has 1 heterocycles. The largest absolute Gasteiger partial charge is 0.462 e. The number of aliphatic hydroxyl groups is 4. The lowest BCUT2D eigenvalue weighted by molar-refractivity contribution is -0.277. The Kier molecular flexibility index (Phi) is 6.11.